The van der Waals surface area contributed by atoms with Crippen molar-refractivity contribution in [2.75, 3.05) is 71.5 Å². The van der Waals surface area contributed by atoms with E-state index in [1.807, 2.05) is 23.4 Å². The molecule has 2 N–H and O–H groups in total. The minimum absolute atomic E-state index is 0.00400. The fourth-order valence-electron chi connectivity index (χ4n) is 14.4. The number of anilines is 1. The number of pyridine rings is 1. The Hall–Kier alpha value is -6.45. The van der Waals surface area contributed by atoms with Gasteiger partial charge in [0.2, 0.25) is 18.3 Å². The Morgan fingerprint density at radius 1 is 1.04 bits per heavy atom. The minimum atomic E-state index is -2.92. The predicted octanol–water partition coefficient (Wildman–Crippen LogP) is 8.22. The second kappa shape index (κ2) is 24.5. The number of nitrogens with zero attached hydrogens (tertiary/aromatic N) is 11. The highest BCUT2D eigenvalue weighted by Gasteiger charge is 2.62. The van der Waals surface area contributed by atoms with Crippen LogP contribution in [0.2, 0.25) is 0 Å². The van der Waals surface area contributed by atoms with E-state index < -0.39 is 77.2 Å². The molecule has 1 saturated carbocycles. The summed E-state index contributed by atoms with van der Waals surface area (Å²) in [6.07, 6.45) is 5.66. The first-order valence-corrected chi connectivity index (χ1v) is 30.8. The lowest BCUT2D eigenvalue weighted by atomic mass is 9.66. The Kier molecular flexibility index (Phi) is 17.3. The van der Waals surface area contributed by atoms with Gasteiger partial charge in [-0.15, -0.1) is 11.3 Å². The van der Waals surface area contributed by atoms with Crippen molar-refractivity contribution in [2.45, 2.75) is 154 Å². The topological polar surface area (TPSA) is 199 Å². The summed E-state index contributed by atoms with van der Waals surface area (Å²) in [5, 5.41) is 17.9. The number of nitriles is 1. The number of imidazole rings is 1. The Balaban J connectivity index is 0.949. The van der Waals surface area contributed by atoms with Crippen LogP contribution < -0.4 is 15.6 Å². The Morgan fingerprint density at radius 3 is 2.54 bits per heavy atom. The van der Waals surface area contributed by atoms with E-state index in [0.29, 0.717) is 55.8 Å². The average Bonchev–Trinajstić information content (AvgIpc) is 1.23. The van der Waals surface area contributed by atoms with Gasteiger partial charge in [0.15, 0.2) is 0 Å². The predicted molar refractivity (Wildman–Crippen MR) is 311 cm³/mol. The highest BCUT2D eigenvalue weighted by Crippen LogP contribution is 2.51. The van der Waals surface area contributed by atoms with Gasteiger partial charge in [0.25, 0.3) is 5.91 Å². The summed E-state index contributed by atoms with van der Waals surface area (Å²) in [6.45, 7) is 13.0. The first kappa shape index (κ1) is 59.3. The van der Waals surface area contributed by atoms with Crippen molar-refractivity contribution < 1.29 is 41.8 Å². The van der Waals surface area contributed by atoms with E-state index >= 15 is 18.4 Å². The van der Waals surface area contributed by atoms with Crippen molar-refractivity contribution >= 4 is 51.7 Å². The second-order valence-electron chi connectivity index (χ2n) is 24.9. The van der Waals surface area contributed by atoms with Crippen molar-refractivity contribution in [1.82, 2.24) is 54.5 Å². The number of cyclic esters (lactones) is 1. The summed E-state index contributed by atoms with van der Waals surface area (Å²) >= 11 is 1.38. The molecule has 3 amide bonds. The Morgan fingerprint density at radius 2 is 1.82 bits per heavy atom. The number of benzene rings is 1. The molecule has 84 heavy (non-hydrogen) atoms. The molecular weight excluding hydrogens is 1100 g/mol. The van der Waals surface area contributed by atoms with Crippen molar-refractivity contribution in [3.05, 3.63) is 70.6 Å². The van der Waals surface area contributed by atoms with Crippen LogP contribution in [0.4, 0.5) is 23.7 Å². The van der Waals surface area contributed by atoms with E-state index in [0.717, 1.165) is 101 Å². The number of fused-ring (bicyclic) bond motifs is 6. The molecule has 5 aliphatic heterocycles. The second-order valence-corrected chi connectivity index (χ2v) is 25.8. The number of alkyl halides is 2. The zero-order valence-corrected chi connectivity index (χ0v) is 49.8. The fraction of sp³-hybridized carbons (Fsp3) is 0.607. The molecule has 4 aromatic heterocycles. The summed E-state index contributed by atoms with van der Waals surface area (Å²) in [5.41, 5.74) is 8.73. The third kappa shape index (κ3) is 11.6. The molecule has 1 aliphatic carbocycles. The van der Waals surface area contributed by atoms with Crippen LogP contribution in [0.1, 0.15) is 114 Å². The maximum Gasteiger partial charge on any atom is 0.330 e. The summed E-state index contributed by atoms with van der Waals surface area (Å²) in [5.74, 6) is -3.99. The average molecular weight is 1180 g/mol. The van der Waals surface area contributed by atoms with Gasteiger partial charge >= 0.3 is 12.0 Å². The minimum Gasteiger partial charge on any atom is -0.464 e. The number of hydrogen-bond donors (Lipinski definition) is 2. The van der Waals surface area contributed by atoms with Gasteiger partial charge in [0.05, 0.1) is 82.9 Å². The molecule has 6 aliphatic rings. The quantitative estimate of drug-likeness (QED) is 0.120. The SMILES string of the molecule is CCn1c(-c2cc(N3CCN(C)CC3)cnc2[C@H](C)OC)c2c3cc(ccc31)-c1csc(n1)C[C@H](NC(=O)[C@H](C1CCCC1)N1CCCC3(CC(CC#N)N3C(=O)n3cnc(F)c3)C(C(F)F)C1)C(=O)N1CCC[C@H](N1)C(=O)OCC(C)(C)C2. The molecule has 0 radical (unpaired) electrons. The number of amides is 3. The first-order chi connectivity index (χ1) is 40.4. The van der Waals surface area contributed by atoms with E-state index in [1.165, 1.54) is 21.2 Å². The molecule has 4 saturated heterocycles. The largest absolute Gasteiger partial charge is 0.464 e. The maximum absolute atomic E-state index is 15.9. The molecule has 11 rings (SSSR count). The van der Waals surface area contributed by atoms with E-state index in [4.69, 9.17) is 19.4 Å². The number of aromatic nitrogens is 5. The van der Waals surface area contributed by atoms with E-state index in [9.17, 15) is 19.2 Å². The number of rotatable bonds is 11. The van der Waals surface area contributed by atoms with Crippen LogP contribution in [0.3, 0.4) is 0 Å². The molecule has 23 heteroatoms. The van der Waals surface area contributed by atoms with Crippen LogP contribution in [0.5, 0.6) is 0 Å². The standard InChI is InChI=1S/C61H78F3N13O6S/c1-7-75-49-16-15-39-26-42(49)44(54(75)43-27-41(31-66-52(43)37(2)82-6)72-24-22-71(5)23-25-72)30-60(3,4)35-83-58(80)46-14-10-21-76(70-46)57(79)47(28-51-68-48(39)34-84-51)69-56(78)53(38-12-8-9-13-38)73-20-11-18-61(45(32-73)55(63)64)29-40(17-19-65)77(61)59(81)74-33-50(62)67-36-74/h15-16,26-27,31,33-34,36-38,40,45-47,53,55,70H,7-14,17-18,20-25,28-30,32,35H2,1-6H3,(H,69,78)/t37-,40?,45?,46-,47-,53-,61?/m0/s1. The highest BCUT2D eigenvalue weighted by atomic mass is 32.1. The molecule has 7 atom stereocenters. The number of hydrazine groups is 1. The molecule has 450 valence electrons. The monoisotopic (exact) mass is 1180 g/mol. The summed E-state index contributed by atoms with van der Waals surface area (Å²) in [7, 11) is 3.84. The number of likely N-dealkylation sites (N-methyl/N-ethyl adjacent to an activating group) is 1. The van der Waals surface area contributed by atoms with Gasteiger partial charge in [-0.1, -0.05) is 32.8 Å². The molecule has 1 aromatic carbocycles. The highest BCUT2D eigenvalue weighted by molar-refractivity contribution is 7.10. The smallest absolute Gasteiger partial charge is 0.330 e. The van der Waals surface area contributed by atoms with Crippen LogP contribution in [0.25, 0.3) is 33.4 Å². The number of esters is 1. The number of carbonyl (C=O) groups is 4. The van der Waals surface area contributed by atoms with Gasteiger partial charge in [-0.3, -0.25) is 33.8 Å². The van der Waals surface area contributed by atoms with Crippen LogP contribution in [0, 0.1) is 34.5 Å². The van der Waals surface area contributed by atoms with Crippen LogP contribution in [-0.2, 0) is 43.2 Å². The number of likely N-dealkylation sites (tertiary alicyclic amines) is 2. The van der Waals surface area contributed by atoms with Gasteiger partial charge in [-0.25, -0.2) is 29.0 Å². The number of carbonyl (C=O) groups excluding carboxylic acids is 4. The molecule has 5 fully saturated rings. The zero-order chi connectivity index (χ0) is 59.2. The first-order valence-electron chi connectivity index (χ1n) is 29.9. The number of nitrogens with one attached hydrogen (secondary N) is 2. The fourth-order valence-corrected chi connectivity index (χ4v) is 15.3. The maximum atomic E-state index is 15.9. The third-order valence-corrected chi connectivity index (χ3v) is 19.7. The van der Waals surface area contributed by atoms with E-state index in [2.05, 4.69) is 88.2 Å². The third-order valence-electron chi connectivity index (χ3n) is 18.8. The van der Waals surface area contributed by atoms with Crippen molar-refractivity contribution in [3.63, 3.8) is 0 Å². The van der Waals surface area contributed by atoms with E-state index in [-0.39, 0.29) is 63.9 Å². The van der Waals surface area contributed by atoms with E-state index in [1.54, 1.807) is 7.11 Å². The summed E-state index contributed by atoms with van der Waals surface area (Å²) in [4.78, 5) is 80.7. The normalized spacial score (nSPS) is 25.5. The Bertz CT molecular complexity index is 3290. The number of hydrogen-bond acceptors (Lipinski definition) is 15. The van der Waals surface area contributed by atoms with Gasteiger partial charge in [0, 0.05) is 98.2 Å². The van der Waals surface area contributed by atoms with Gasteiger partial charge < -0.3 is 34.1 Å². The number of ether oxygens (including phenoxy) is 2. The molecule has 1 spiro atoms. The van der Waals surface area contributed by atoms with Gasteiger partial charge in [0.1, 0.15) is 18.4 Å². The Labute approximate surface area is 492 Å². The lowest BCUT2D eigenvalue weighted by Crippen LogP contribution is -2.73. The van der Waals surface area contributed by atoms with Crippen LogP contribution >= 0.6 is 11.3 Å². The number of methoxy groups -OCH3 is 1. The van der Waals surface area contributed by atoms with Crippen LogP contribution in [-0.4, -0.2) is 170 Å². The number of thiazole rings is 1. The molecule has 3 unspecified atom stereocenters. The van der Waals surface area contributed by atoms with Gasteiger partial charge in [-0.05, 0) is 108 Å². The number of halogens is 3. The number of aryl methyl sites for hydroxylation is 1. The lowest BCUT2D eigenvalue weighted by molar-refractivity contribution is -0.155. The zero-order valence-electron chi connectivity index (χ0n) is 49.0. The summed E-state index contributed by atoms with van der Waals surface area (Å²) < 4.78 is 61.5. The molecule has 6 bridgehead atoms. The molecule has 9 heterocycles. The van der Waals surface area contributed by atoms with Crippen LogP contribution in [0.15, 0.2) is 48.4 Å². The molecular formula is C61H78F3N13O6S. The summed E-state index contributed by atoms with van der Waals surface area (Å²) in [6, 6.07) is 6.38. The molecule has 5 aromatic rings. The van der Waals surface area contributed by atoms with Gasteiger partial charge in [-0.2, -0.15) is 9.65 Å². The lowest BCUT2D eigenvalue weighted by Gasteiger charge is -2.60. The van der Waals surface area contributed by atoms with Crippen molar-refractivity contribution in [2.24, 2.45) is 17.3 Å². The van der Waals surface area contributed by atoms with Crippen molar-refractivity contribution in [3.8, 4) is 28.6 Å². The number of piperazine rings is 1. The molecule has 19 nitrogen and oxygen atoms in total. The van der Waals surface area contributed by atoms with Crippen molar-refractivity contribution in [1.29, 1.82) is 5.26 Å².